The minimum absolute atomic E-state index is 0.986. The zero-order valence-electron chi connectivity index (χ0n) is 9.19. The number of rotatable bonds is 7. The summed E-state index contributed by atoms with van der Waals surface area (Å²) in [4.78, 5) is 3.03. The van der Waals surface area contributed by atoms with E-state index in [1.165, 1.54) is 42.5 Å². The third-order valence-corrected chi connectivity index (χ3v) is 5.26. The van der Waals surface area contributed by atoms with Crippen LogP contribution in [-0.4, -0.2) is 0 Å². The number of hydrogen-bond donors (Lipinski definition) is 0. The highest BCUT2D eigenvalue weighted by atomic mass is 79.9. The highest BCUT2D eigenvalue weighted by Crippen LogP contribution is 2.27. The molecule has 0 atom stereocenters. The third kappa shape index (κ3) is 4.58. The van der Waals surface area contributed by atoms with E-state index in [2.05, 4.69) is 44.8 Å². The lowest BCUT2D eigenvalue weighted by Gasteiger charge is -1.96. The number of unbranched alkanes of at least 4 members (excludes halogenated alkanes) is 3. The number of hydrogen-bond acceptors (Lipinski definition) is 1. The standard InChI is InChI=1S/C12H18Br2S/c1-2-3-4-5-6-11-7-10(8-13)12(9-14)15-11/h7H,2-6,8-9H2,1H3. The van der Waals surface area contributed by atoms with Gasteiger partial charge in [0.15, 0.2) is 0 Å². The summed E-state index contributed by atoms with van der Waals surface area (Å²) < 4.78 is 0. The summed E-state index contributed by atoms with van der Waals surface area (Å²) >= 11 is 9.05. The van der Waals surface area contributed by atoms with E-state index in [4.69, 9.17) is 0 Å². The maximum atomic E-state index is 3.55. The Morgan fingerprint density at radius 3 is 2.47 bits per heavy atom. The van der Waals surface area contributed by atoms with Crippen molar-refractivity contribution in [1.82, 2.24) is 0 Å². The molecule has 1 aromatic rings. The second-order valence-corrected chi connectivity index (χ2v) is 6.08. The molecule has 0 aliphatic rings. The second-order valence-electron chi connectivity index (χ2n) is 3.74. The Kier molecular flexibility index (Phi) is 7.19. The van der Waals surface area contributed by atoms with Gasteiger partial charge in [0.1, 0.15) is 0 Å². The lowest BCUT2D eigenvalue weighted by Crippen LogP contribution is -1.81. The van der Waals surface area contributed by atoms with E-state index < -0.39 is 0 Å². The average Bonchev–Trinajstić information content (AvgIpc) is 2.67. The van der Waals surface area contributed by atoms with Crippen LogP contribution >= 0.6 is 43.2 Å². The van der Waals surface area contributed by atoms with Crippen molar-refractivity contribution in [1.29, 1.82) is 0 Å². The molecule has 86 valence electrons. The quantitative estimate of drug-likeness (QED) is 0.438. The van der Waals surface area contributed by atoms with E-state index in [1.54, 1.807) is 4.88 Å². The molecule has 0 radical (unpaired) electrons. The molecule has 0 spiro atoms. The Morgan fingerprint density at radius 2 is 1.93 bits per heavy atom. The van der Waals surface area contributed by atoms with Crippen LogP contribution in [-0.2, 0) is 17.1 Å². The number of aryl methyl sites for hydroxylation is 1. The number of thiophene rings is 1. The Balaban J connectivity index is 2.43. The Hall–Kier alpha value is 0.660. The van der Waals surface area contributed by atoms with Gasteiger partial charge in [0, 0.05) is 20.4 Å². The second kappa shape index (κ2) is 7.86. The van der Waals surface area contributed by atoms with Crippen molar-refractivity contribution in [3.05, 3.63) is 21.4 Å². The Labute approximate surface area is 114 Å². The van der Waals surface area contributed by atoms with Crippen LogP contribution in [0.4, 0.5) is 0 Å². The van der Waals surface area contributed by atoms with Gasteiger partial charge in [-0.3, -0.25) is 0 Å². The van der Waals surface area contributed by atoms with Crippen molar-refractivity contribution in [3.63, 3.8) is 0 Å². The van der Waals surface area contributed by atoms with Gasteiger partial charge in [0.2, 0.25) is 0 Å². The maximum Gasteiger partial charge on any atom is 0.0380 e. The summed E-state index contributed by atoms with van der Waals surface area (Å²) in [7, 11) is 0. The molecule has 1 heterocycles. The molecule has 0 fully saturated rings. The molecule has 1 rings (SSSR count). The van der Waals surface area contributed by atoms with E-state index in [0.29, 0.717) is 0 Å². The zero-order valence-corrected chi connectivity index (χ0v) is 13.2. The third-order valence-electron chi connectivity index (χ3n) is 2.49. The first kappa shape index (κ1) is 13.7. The molecule has 0 unspecified atom stereocenters. The van der Waals surface area contributed by atoms with Crippen LogP contribution in [0, 0.1) is 0 Å². The zero-order chi connectivity index (χ0) is 11.1. The van der Waals surface area contributed by atoms with Crippen LogP contribution in [0.1, 0.15) is 47.9 Å². The van der Waals surface area contributed by atoms with E-state index in [1.807, 2.05) is 11.3 Å². The van der Waals surface area contributed by atoms with Crippen molar-refractivity contribution in [2.75, 3.05) is 0 Å². The molecule has 15 heavy (non-hydrogen) atoms. The molecular weight excluding hydrogens is 336 g/mol. The lowest BCUT2D eigenvalue weighted by molar-refractivity contribution is 0.670. The first-order chi connectivity index (χ1) is 7.31. The summed E-state index contributed by atoms with van der Waals surface area (Å²) in [6, 6.07) is 2.36. The van der Waals surface area contributed by atoms with Crippen molar-refractivity contribution < 1.29 is 0 Å². The largest absolute Gasteiger partial charge is 0.144 e. The lowest BCUT2D eigenvalue weighted by atomic mass is 10.1. The van der Waals surface area contributed by atoms with Crippen molar-refractivity contribution in [2.45, 2.75) is 49.7 Å². The predicted molar refractivity (Wildman–Crippen MR) is 77.4 cm³/mol. The monoisotopic (exact) mass is 352 g/mol. The smallest absolute Gasteiger partial charge is 0.0380 e. The molecule has 3 heteroatoms. The van der Waals surface area contributed by atoms with Gasteiger partial charge in [0.05, 0.1) is 0 Å². The van der Waals surface area contributed by atoms with Crippen LogP contribution in [0.25, 0.3) is 0 Å². The van der Waals surface area contributed by atoms with E-state index in [9.17, 15) is 0 Å². The molecule has 0 amide bonds. The van der Waals surface area contributed by atoms with Gasteiger partial charge in [0.25, 0.3) is 0 Å². The molecule has 0 N–H and O–H groups in total. The topological polar surface area (TPSA) is 0 Å². The van der Waals surface area contributed by atoms with Crippen LogP contribution in [0.3, 0.4) is 0 Å². The van der Waals surface area contributed by atoms with Crippen LogP contribution in [0.2, 0.25) is 0 Å². The van der Waals surface area contributed by atoms with Crippen LogP contribution < -0.4 is 0 Å². The van der Waals surface area contributed by atoms with Gasteiger partial charge in [-0.25, -0.2) is 0 Å². The molecule has 0 aliphatic heterocycles. The summed E-state index contributed by atoms with van der Waals surface area (Å²) in [6.07, 6.45) is 6.68. The first-order valence-corrected chi connectivity index (χ1v) is 8.60. The molecule has 0 saturated heterocycles. The first-order valence-electron chi connectivity index (χ1n) is 5.54. The Bertz CT molecular complexity index is 260. The molecule has 0 aliphatic carbocycles. The number of halogens is 2. The summed E-state index contributed by atoms with van der Waals surface area (Å²) in [5.41, 5.74) is 1.46. The van der Waals surface area contributed by atoms with E-state index in [0.717, 1.165) is 10.7 Å². The van der Waals surface area contributed by atoms with Crippen LogP contribution in [0.5, 0.6) is 0 Å². The molecule has 0 aromatic carbocycles. The normalized spacial score (nSPS) is 10.9. The summed E-state index contributed by atoms with van der Waals surface area (Å²) in [6.45, 7) is 2.26. The van der Waals surface area contributed by atoms with E-state index >= 15 is 0 Å². The van der Waals surface area contributed by atoms with E-state index in [-0.39, 0.29) is 0 Å². The molecule has 0 saturated carbocycles. The predicted octanol–water partition coefficient (Wildman–Crippen LogP) is 5.66. The highest BCUT2D eigenvalue weighted by Gasteiger charge is 2.06. The minimum atomic E-state index is 0.986. The van der Waals surface area contributed by atoms with Crippen molar-refractivity contribution >= 4 is 43.2 Å². The molecular formula is C12H18Br2S. The molecule has 0 bridgehead atoms. The summed E-state index contributed by atoms with van der Waals surface area (Å²) in [5, 5.41) is 1.98. The van der Waals surface area contributed by atoms with Crippen molar-refractivity contribution in [2.24, 2.45) is 0 Å². The van der Waals surface area contributed by atoms with Crippen molar-refractivity contribution in [3.8, 4) is 0 Å². The number of alkyl halides is 2. The van der Waals surface area contributed by atoms with Crippen LogP contribution in [0.15, 0.2) is 6.07 Å². The fraction of sp³-hybridized carbons (Fsp3) is 0.667. The van der Waals surface area contributed by atoms with Gasteiger partial charge >= 0.3 is 0 Å². The van der Waals surface area contributed by atoms with Gasteiger partial charge in [-0.1, -0.05) is 58.0 Å². The van der Waals surface area contributed by atoms with Gasteiger partial charge in [-0.2, -0.15) is 0 Å². The van der Waals surface area contributed by atoms with Gasteiger partial charge in [-0.05, 0) is 24.5 Å². The molecule has 1 aromatic heterocycles. The fourth-order valence-corrected chi connectivity index (χ4v) is 4.07. The fourth-order valence-electron chi connectivity index (χ4n) is 1.60. The minimum Gasteiger partial charge on any atom is -0.144 e. The van der Waals surface area contributed by atoms with Gasteiger partial charge in [-0.15, -0.1) is 11.3 Å². The average molecular weight is 354 g/mol. The Morgan fingerprint density at radius 1 is 1.13 bits per heavy atom. The van der Waals surface area contributed by atoms with Gasteiger partial charge < -0.3 is 0 Å². The highest BCUT2D eigenvalue weighted by molar-refractivity contribution is 9.09. The molecule has 0 nitrogen and oxygen atoms in total. The summed E-state index contributed by atoms with van der Waals surface area (Å²) in [5.74, 6) is 0. The SMILES string of the molecule is CCCCCCc1cc(CBr)c(CBr)s1. The maximum absolute atomic E-state index is 3.55.